The SMILES string of the molecule is N#Cc1cccc(NC(=O)CNc2ccccc2C(=O)NCc2ccco2)c1. The Morgan fingerprint density at radius 3 is 2.68 bits per heavy atom. The molecule has 0 aliphatic carbocycles. The summed E-state index contributed by atoms with van der Waals surface area (Å²) in [6, 6.07) is 19.1. The molecule has 1 aromatic heterocycles. The minimum atomic E-state index is -0.291. The van der Waals surface area contributed by atoms with E-state index in [9.17, 15) is 9.59 Å². The monoisotopic (exact) mass is 374 g/mol. The fourth-order valence-electron chi connectivity index (χ4n) is 2.56. The molecule has 3 rings (SSSR count). The molecule has 0 spiro atoms. The number of nitrogens with one attached hydrogen (secondary N) is 3. The Kier molecular flexibility index (Phi) is 6.06. The van der Waals surface area contributed by atoms with Crippen LogP contribution in [-0.2, 0) is 11.3 Å². The molecule has 2 amide bonds. The fraction of sp³-hybridized carbons (Fsp3) is 0.0952. The summed E-state index contributed by atoms with van der Waals surface area (Å²) in [6.07, 6.45) is 1.54. The van der Waals surface area contributed by atoms with Crippen molar-refractivity contribution in [3.8, 4) is 6.07 Å². The van der Waals surface area contributed by atoms with E-state index in [1.54, 1.807) is 66.9 Å². The molecule has 0 fully saturated rings. The summed E-state index contributed by atoms with van der Waals surface area (Å²) in [4.78, 5) is 24.6. The lowest BCUT2D eigenvalue weighted by Crippen LogP contribution is -2.26. The lowest BCUT2D eigenvalue weighted by molar-refractivity contribution is -0.114. The van der Waals surface area contributed by atoms with Crippen LogP contribution >= 0.6 is 0 Å². The molecule has 0 radical (unpaired) electrons. The number of hydrogen-bond acceptors (Lipinski definition) is 5. The summed E-state index contributed by atoms with van der Waals surface area (Å²) in [6.45, 7) is 0.245. The highest BCUT2D eigenvalue weighted by Crippen LogP contribution is 2.15. The highest BCUT2D eigenvalue weighted by Gasteiger charge is 2.12. The number of benzene rings is 2. The molecule has 140 valence electrons. The van der Waals surface area contributed by atoms with Gasteiger partial charge in [-0.2, -0.15) is 5.26 Å². The molecule has 0 atom stereocenters. The standard InChI is InChI=1S/C21H18N4O3/c22-12-15-5-3-6-16(11-15)25-20(26)14-23-19-9-2-1-8-18(19)21(27)24-13-17-7-4-10-28-17/h1-11,23H,13-14H2,(H,24,27)(H,25,26). The number of carbonyl (C=O) groups excluding carboxylic acids is 2. The van der Waals surface area contributed by atoms with Crippen molar-refractivity contribution < 1.29 is 14.0 Å². The molecule has 0 unspecified atom stereocenters. The second-order valence-corrected chi connectivity index (χ2v) is 5.90. The number of amides is 2. The first kappa shape index (κ1) is 18.7. The van der Waals surface area contributed by atoms with Gasteiger partial charge in [-0.15, -0.1) is 0 Å². The summed E-state index contributed by atoms with van der Waals surface area (Å²) in [5.41, 5.74) is 1.97. The van der Waals surface area contributed by atoms with Crippen molar-refractivity contribution >= 4 is 23.2 Å². The van der Waals surface area contributed by atoms with E-state index >= 15 is 0 Å². The molecule has 0 saturated heterocycles. The van der Waals surface area contributed by atoms with Crippen molar-refractivity contribution in [3.63, 3.8) is 0 Å². The Labute approximate surface area is 162 Å². The molecule has 0 aliphatic rings. The van der Waals surface area contributed by atoms with Crippen molar-refractivity contribution in [3.05, 3.63) is 83.8 Å². The van der Waals surface area contributed by atoms with Gasteiger partial charge in [-0.1, -0.05) is 18.2 Å². The maximum Gasteiger partial charge on any atom is 0.253 e. The molecule has 7 heteroatoms. The van der Waals surface area contributed by atoms with Crippen LogP contribution < -0.4 is 16.0 Å². The largest absolute Gasteiger partial charge is 0.467 e. The van der Waals surface area contributed by atoms with Gasteiger partial charge in [-0.25, -0.2) is 0 Å². The van der Waals surface area contributed by atoms with Gasteiger partial charge in [0.05, 0.1) is 36.5 Å². The van der Waals surface area contributed by atoms with Gasteiger partial charge in [-0.05, 0) is 42.5 Å². The quantitative estimate of drug-likeness (QED) is 0.589. The van der Waals surface area contributed by atoms with Crippen molar-refractivity contribution in [2.45, 2.75) is 6.54 Å². The number of para-hydroxylation sites is 1. The third kappa shape index (κ3) is 4.99. The van der Waals surface area contributed by atoms with Gasteiger partial charge in [0.2, 0.25) is 5.91 Å². The smallest absolute Gasteiger partial charge is 0.253 e. The number of furan rings is 1. The topological polar surface area (TPSA) is 107 Å². The van der Waals surface area contributed by atoms with Crippen LogP contribution in [0, 0.1) is 11.3 Å². The zero-order chi connectivity index (χ0) is 19.8. The van der Waals surface area contributed by atoms with Gasteiger partial charge in [0.1, 0.15) is 5.76 Å². The maximum atomic E-state index is 12.4. The van der Waals surface area contributed by atoms with Crippen molar-refractivity contribution in [2.24, 2.45) is 0 Å². The van der Waals surface area contributed by atoms with Gasteiger partial charge >= 0.3 is 0 Å². The highest BCUT2D eigenvalue weighted by atomic mass is 16.3. The molecule has 3 N–H and O–H groups in total. The molecule has 7 nitrogen and oxygen atoms in total. The Hall–Kier alpha value is -4.05. The first-order valence-corrected chi connectivity index (χ1v) is 8.59. The molecule has 0 saturated carbocycles. The van der Waals surface area contributed by atoms with Gasteiger partial charge in [0, 0.05) is 11.4 Å². The Bertz CT molecular complexity index is 1010. The molecule has 28 heavy (non-hydrogen) atoms. The van der Waals surface area contributed by atoms with Crippen molar-refractivity contribution in [1.82, 2.24) is 5.32 Å². The summed E-state index contributed by atoms with van der Waals surface area (Å²) in [5.74, 6) is 0.0836. The van der Waals surface area contributed by atoms with Crippen LogP contribution in [0.2, 0.25) is 0 Å². The number of hydrogen-bond donors (Lipinski definition) is 3. The van der Waals surface area contributed by atoms with E-state index in [-0.39, 0.29) is 24.9 Å². The molecular weight excluding hydrogens is 356 g/mol. The molecule has 3 aromatic rings. The van der Waals surface area contributed by atoms with Gasteiger partial charge in [-0.3, -0.25) is 9.59 Å². The van der Waals surface area contributed by atoms with Gasteiger partial charge in [0.25, 0.3) is 5.91 Å². The first-order chi connectivity index (χ1) is 13.7. The Morgan fingerprint density at radius 1 is 1.04 bits per heavy atom. The number of carbonyl (C=O) groups is 2. The van der Waals surface area contributed by atoms with Crippen molar-refractivity contribution in [2.75, 3.05) is 17.2 Å². The average Bonchev–Trinajstić information content (AvgIpc) is 3.24. The minimum Gasteiger partial charge on any atom is -0.467 e. The van der Waals surface area contributed by atoms with E-state index in [0.29, 0.717) is 28.3 Å². The summed E-state index contributed by atoms with van der Waals surface area (Å²) in [7, 11) is 0. The molecular formula is C21H18N4O3. The molecule has 0 bridgehead atoms. The van der Waals surface area contributed by atoms with Gasteiger partial charge in [0.15, 0.2) is 0 Å². The third-order valence-electron chi connectivity index (χ3n) is 3.89. The lowest BCUT2D eigenvalue weighted by atomic mass is 10.1. The first-order valence-electron chi connectivity index (χ1n) is 8.59. The van der Waals surface area contributed by atoms with E-state index in [1.165, 1.54) is 0 Å². The van der Waals surface area contributed by atoms with E-state index in [2.05, 4.69) is 16.0 Å². The average molecular weight is 374 g/mol. The van der Waals surface area contributed by atoms with E-state index < -0.39 is 0 Å². The van der Waals surface area contributed by atoms with Gasteiger partial charge < -0.3 is 20.4 Å². The van der Waals surface area contributed by atoms with E-state index in [0.717, 1.165) is 0 Å². The minimum absolute atomic E-state index is 0.0285. The van der Waals surface area contributed by atoms with Crippen LogP contribution in [0.1, 0.15) is 21.7 Å². The predicted molar refractivity (Wildman–Crippen MR) is 105 cm³/mol. The normalized spacial score (nSPS) is 9.96. The van der Waals surface area contributed by atoms with Crippen LogP contribution in [0.15, 0.2) is 71.3 Å². The Balaban J connectivity index is 1.59. The second-order valence-electron chi connectivity index (χ2n) is 5.90. The predicted octanol–water partition coefficient (Wildman–Crippen LogP) is 3.13. The van der Waals surface area contributed by atoms with Crippen molar-refractivity contribution in [1.29, 1.82) is 5.26 Å². The summed E-state index contributed by atoms with van der Waals surface area (Å²) in [5, 5.41) is 17.4. The molecule has 1 heterocycles. The lowest BCUT2D eigenvalue weighted by Gasteiger charge is -2.12. The number of rotatable bonds is 7. The van der Waals surface area contributed by atoms with E-state index in [4.69, 9.17) is 9.68 Å². The molecule has 0 aliphatic heterocycles. The number of nitrogens with zero attached hydrogens (tertiary/aromatic N) is 1. The highest BCUT2D eigenvalue weighted by molar-refractivity contribution is 6.00. The van der Waals surface area contributed by atoms with Crippen LogP contribution in [-0.4, -0.2) is 18.4 Å². The zero-order valence-electron chi connectivity index (χ0n) is 14.9. The molecule has 2 aromatic carbocycles. The second kappa shape index (κ2) is 9.05. The van der Waals surface area contributed by atoms with Crippen LogP contribution in [0.25, 0.3) is 0 Å². The zero-order valence-corrected chi connectivity index (χ0v) is 14.9. The fourth-order valence-corrected chi connectivity index (χ4v) is 2.56. The van der Waals surface area contributed by atoms with Crippen LogP contribution in [0.4, 0.5) is 11.4 Å². The maximum absolute atomic E-state index is 12.4. The number of nitriles is 1. The van der Waals surface area contributed by atoms with E-state index in [1.807, 2.05) is 6.07 Å². The Morgan fingerprint density at radius 2 is 1.89 bits per heavy atom. The van der Waals surface area contributed by atoms with Crippen LogP contribution in [0.3, 0.4) is 0 Å². The number of anilines is 2. The summed E-state index contributed by atoms with van der Waals surface area (Å²) >= 11 is 0. The third-order valence-corrected chi connectivity index (χ3v) is 3.89. The van der Waals surface area contributed by atoms with Crippen LogP contribution in [0.5, 0.6) is 0 Å². The summed E-state index contributed by atoms with van der Waals surface area (Å²) < 4.78 is 5.20.